The van der Waals surface area contributed by atoms with Gasteiger partial charge in [0.25, 0.3) is 0 Å². The molecule has 7 heteroatoms. The first-order valence-electron chi connectivity index (χ1n) is 11.5. The molecule has 174 valence electrons. The van der Waals surface area contributed by atoms with E-state index in [9.17, 15) is 14.4 Å². The van der Waals surface area contributed by atoms with Crippen molar-refractivity contribution in [3.8, 4) is 11.1 Å². The number of ether oxygens (including phenoxy) is 1. The van der Waals surface area contributed by atoms with E-state index in [4.69, 9.17) is 9.84 Å². The molecular weight excluding hydrogens is 420 g/mol. The van der Waals surface area contributed by atoms with Crippen molar-refractivity contribution in [3.63, 3.8) is 0 Å². The minimum Gasteiger partial charge on any atom is -0.481 e. The topological polar surface area (TPSA) is 105 Å². The number of carbonyl (C=O) groups excluding carboxylic acids is 2. The molecule has 33 heavy (non-hydrogen) atoms. The van der Waals surface area contributed by atoms with Crippen LogP contribution >= 0.6 is 0 Å². The Kier molecular flexibility index (Phi) is 6.67. The molecule has 0 aromatic heterocycles. The van der Waals surface area contributed by atoms with E-state index in [0.29, 0.717) is 12.8 Å². The van der Waals surface area contributed by atoms with Gasteiger partial charge in [-0.05, 0) is 46.9 Å². The van der Waals surface area contributed by atoms with Crippen molar-refractivity contribution >= 4 is 18.0 Å². The molecule has 2 aromatic rings. The highest BCUT2D eigenvalue weighted by molar-refractivity contribution is 5.86. The van der Waals surface area contributed by atoms with E-state index in [2.05, 4.69) is 34.9 Å². The fourth-order valence-electron chi connectivity index (χ4n) is 4.86. The summed E-state index contributed by atoms with van der Waals surface area (Å²) >= 11 is 0. The summed E-state index contributed by atoms with van der Waals surface area (Å²) in [6.45, 7) is 3.91. The molecule has 0 bridgehead atoms. The van der Waals surface area contributed by atoms with Crippen molar-refractivity contribution < 1.29 is 24.2 Å². The molecule has 1 fully saturated rings. The molecule has 0 aliphatic heterocycles. The van der Waals surface area contributed by atoms with Crippen LogP contribution < -0.4 is 10.6 Å². The normalized spacial score (nSPS) is 19.7. The quantitative estimate of drug-likeness (QED) is 0.565. The van der Waals surface area contributed by atoms with Crippen molar-refractivity contribution in [3.05, 3.63) is 59.7 Å². The average molecular weight is 451 g/mol. The molecule has 0 spiro atoms. The third-order valence-corrected chi connectivity index (χ3v) is 6.61. The number of hydrogen-bond acceptors (Lipinski definition) is 4. The maximum absolute atomic E-state index is 12.7. The molecule has 7 nitrogen and oxygen atoms in total. The number of benzene rings is 2. The van der Waals surface area contributed by atoms with Crippen molar-refractivity contribution in [2.45, 2.75) is 51.1 Å². The monoisotopic (exact) mass is 450 g/mol. The lowest BCUT2D eigenvalue weighted by atomic mass is 9.78. The summed E-state index contributed by atoms with van der Waals surface area (Å²) in [6, 6.07) is 15.5. The Morgan fingerprint density at radius 3 is 2.12 bits per heavy atom. The Hall–Kier alpha value is -3.35. The molecule has 1 saturated carbocycles. The summed E-state index contributed by atoms with van der Waals surface area (Å²) in [7, 11) is 0. The molecule has 2 aliphatic rings. The van der Waals surface area contributed by atoms with Gasteiger partial charge in [-0.2, -0.15) is 0 Å². The fraction of sp³-hybridized carbons (Fsp3) is 0.423. The van der Waals surface area contributed by atoms with Gasteiger partial charge in [0.2, 0.25) is 5.91 Å². The standard InChI is InChI=1S/C26H30N2O5/c1-15(2)24(25(31)27-17-11-16(12-17)13-23(29)30)28-26(32)33-14-22-20-9-5-3-7-18(20)19-8-4-6-10-21(19)22/h3-10,15-17,22,24H,11-14H2,1-2H3,(H,27,31)(H,28,32)(H,29,30)/t16?,17?,24-/m0/s1. The van der Waals surface area contributed by atoms with Crippen molar-refractivity contribution in [2.24, 2.45) is 11.8 Å². The summed E-state index contributed by atoms with van der Waals surface area (Å²) in [5.74, 6) is -1.16. The van der Waals surface area contributed by atoms with Crippen LogP contribution in [-0.4, -0.2) is 41.8 Å². The van der Waals surface area contributed by atoms with Crippen molar-refractivity contribution in [2.75, 3.05) is 6.61 Å². The molecule has 2 aliphatic carbocycles. The summed E-state index contributed by atoms with van der Waals surface area (Å²) in [5.41, 5.74) is 4.57. The highest BCUT2D eigenvalue weighted by atomic mass is 16.5. The second-order valence-corrected chi connectivity index (χ2v) is 9.33. The number of hydrogen-bond donors (Lipinski definition) is 3. The number of carboxylic acids is 1. The largest absolute Gasteiger partial charge is 0.481 e. The summed E-state index contributed by atoms with van der Waals surface area (Å²) in [5, 5.41) is 14.5. The van der Waals surface area contributed by atoms with Crippen LogP contribution in [0.25, 0.3) is 11.1 Å². The molecule has 0 radical (unpaired) electrons. The van der Waals surface area contributed by atoms with Gasteiger partial charge >= 0.3 is 12.1 Å². The van der Waals surface area contributed by atoms with Gasteiger partial charge in [0.05, 0.1) is 0 Å². The third-order valence-electron chi connectivity index (χ3n) is 6.61. The van der Waals surface area contributed by atoms with Gasteiger partial charge < -0.3 is 20.5 Å². The van der Waals surface area contributed by atoms with Gasteiger partial charge in [0.1, 0.15) is 12.6 Å². The maximum Gasteiger partial charge on any atom is 0.407 e. The van der Waals surface area contributed by atoms with E-state index in [-0.39, 0.29) is 42.7 Å². The zero-order valence-electron chi connectivity index (χ0n) is 18.9. The second kappa shape index (κ2) is 9.65. The summed E-state index contributed by atoms with van der Waals surface area (Å²) < 4.78 is 5.58. The Balaban J connectivity index is 1.33. The molecule has 3 N–H and O–H groups in total. The lowest BCUT2D eigenvalue weighted by Gasteiger charge is -2.36. The number of rotatable bonds is 8. The van der Waals surface area contributed by atoms with Gasteiger partial charge in [-0.15, -0.1) is 0 Å². The first kappa shape index (κ1) is 22.8. The minimum absolute atomic E-state index is 0.0457. The smallest absolute Gasteiger partial charge is 0.407 e. The lowest BCUT2D eigenvalue weighted by molar-refractivity contribution is -0.139. The maximum atomic E-state index is 12.7. The molecular formula is C26H30N2O5. The van der Waals surface area contributed by atoms with Crippen LogP contribution in [0, 0.1) is 11.8 Å². The molecule has 0 heterocycles. The van der Waals surface area contributed by atoms with Gasteiger partial charge in [0, 0.05) is 18.4 Å². The predicted octanol–water partition coefficient (Wildman–Crippen LogP) is 3.92. The summed E-state index contributed by atoms with van der Waals surface area (Å²) in [4.78, 5) is 36.1. The Morgan fingerprint density at radius 2 is 1.58 bits per heavy atom. The number of carbonyl (C=O) groups is 3. The number of amides is 2. The first-order chi connectivity index (χ1) is 15.8. The van der Waals surface area contributed by atoms with Crippen LogP contribution in [0.15, 0.2) is 48.5 Å². The van der Waals surface area contributed by atoms with E-state index in [1.807, 2.05) is 38.1 Å². The van der Waals surface area contributed by atoms with Crippen LogP contribution in [0.2, 0.25) is 0 Å². The molecule has 1 atom stereocenters. The molecule has 0 saturated heterocycles. The van der Waals surface area contributed by atoms with Crippen LogP contribution in [0.3, 0.4) is 0 Å². The van der Waals surface area contributed by atoms with Gasteiger partial charge in [-0.3, -0.25) is 9.59 Å². The Bertz CT molecular complexity index is 999. The van der Waals surface area contributed by atoms with E-state index >= 15 is 0 Å². The van der Waals surface area contributed by atoms with Crippen LogP contribution in [-0.2, 0) is 14.3 Å². The van der Waals surface area contributed by atoms with Crippen LogP contribution in [0.4, 0.5) is 4.79 Å². The molecule has 2 amide bonds. The second-order valence-electron chi connectivity index (χ2n) is 9.33. The van der Waals surface area contributed by atoms with Gasteiger partial charge in [0.15, 0.2) is 0 Å². The van der Waals surface area contributed by atoms with E-state index in [0.717, 1.165) is 22.3 Å². The molecule has 2 aromatic carbocycles. The van der Waals surface area contributed by atoms with Gasteiger partial charge in [-0.1, -0.05) is 62.4 Å². The first-order valence-corrected chi connectivity index (χ1v) is 11.5. The van der Waals surface area contributed by atoms with Crippen LogP contribution in [0.1, 0.15) is 50.2 Å². The number of nitrogens with one attached hydrogen (secondary N) is 2. The summed E-state index contributed by atoms with van der Waals surface area (Å²) in [6.07, 6.45) is 0.794. The van der Waals surface area contributed by atoms with E-state index < -0.39 is 18.1 Å². The number of fused-ring (bicyclic) bond motifs is 3. The van der Waals surface area contributed by atoms with Crippen molar-refractivity contribution in [1.29, 1.82) is 0 Å². The predicted molar refractivity (Wildman–Crippen MR) is 124 cm³/mol. The lowest BCUT2D eigenvalue weighted by Crippen LogP contribution is -2.54. The number of carboxylic acid groups (broad SMARTS) is 1. The molecule has 4 rings (SSSR count). The fourth-order valence-corrected chi connectivity index (χ4v) is 4.86. The highest BCUT2D eigenvalue weighted by Crippen LogP contribution is 2.44. The zero-order valence-corrected chi connectivity index (χ0v) is 18.9. The molecule has 0 unspecified atom stereocenters. The average Bonchev–Trinajstić information content (AvgIpc) is 3.07. The van der Waals surface area contributed by atoms with E-state index in [1.54, 1.807) is 0 Å². The third kappa shape index (κ3) is 5.02. The zero-order chi connectivity index (χ0) is 23.5. The van der Waals surface area contributed by atoms with Crippen molar-refractivity contribution in [1.82, 2.24) is 10.6 Å². The van der Waals surface area contributed by atoms with E-state index in [1.165, 1.54) is 0 Å². The highest BCUT2D eigenvalue weighted by Gasteiger charge is 2.35. The van der Waals surface area contributed by atoms with Crippen LogP contribution in [0.5, 0.6) is 0 Å². The Labute approximate surface area is 193 Å². The number of aliphatic carboxylic acids is 1. The Morgan fingerprint density at radius 1 is 1.00 bits per heavy atom. The minimum atomic E-state index is -0.818. The number of alkyl carbamates (subject to hydrolysis) is 1. The van der Waals surface area contributed by atoms with Gasteiger partial charge in [-0.25, -0.2) is 4.79 Å². The SMILES string of the molecule is CC(C)[C@H](NC(=O)OCC1c2ccccc2-c2ccccc21)C(=O)NC1CC(CC(=O)O)C1.